The number of piperidine rings is 1. The van der Waals surface area contributed by atoms with E-state index in [9.17, 15) is 9.90 Å². The van der Waals surface area contributed by atoms with Crippen molar-refractivity contribution in [3.63, 3.8) is 0 Å². The first kappa shape index (κ1) is 18.9. The third-order valence-corrected chi connectivity index (χ3v) is 4.97. The van der Waals surface area contributed by atoms with E-state index >= 15 is 0 Å². The maximum Gasteiger partial charge on any atom is 0.220 e. The molecule has 1 aliphatic rings. The second-order valence-electron chi connectivity index (χ2n) is 7.70. The van der Waals surface area contributed by atoms with Gasteiger partial charge in [-0.3, -0.25) is 4.79 Å². The van der Waals surface area contributed by atoms with E-state index in [1.807, 2.05) is 0 Å². The minimum absolute atomic E-state index is 0.120. The van der Waals surface area contributed by atoms with Crippen molar-refractivity contribution >= 4 is 5.91 Å². The zero-order chi connectivity index (χ0) is 17.6. The smallest absolute Gasteiger partial charge is 0.220 e. The van der Waals surface area contributed by atoms with E-state index in [1.165, 1.54) is 11.1 Å². The van der Waals surface area contributed by atoms with Gasteiger partial charge in [-0.05, 0) is 43.7 Å². The van der Waals surface area contributed by atoms with Crippen LogP contribution in [0.2, 0.25) is 0 Å². The SMILES string of the molecule is Cc1ccc(C(C)(C)CC(=O)NCCCN2CCC(O)CC2)cc1. The molecule has 4 heteroatoms. The Kier molecular flexibility index (Phi) is 6.81. The molecule has 0 aliphatic carbocycles. The molecule has 2 rings (SSSR count). The average Bonchev–Trinajstić information content (AvgIpc) is 2.53. The van der Waals surface area contributed by atoms with E-state index in [2.05, 4.69) is 55.3 Å². The van der Waals surface area contributed by atoms with Gasteiger partial charge >= 0.3 is 0 Å². The molecular formula is C20H32N2O2. The molecular weight excluding hydrogens is 300 g/mol. The van der Waals surface area contributed by atoms with Crippen molar-refractivity contribution in [2.45, 2.75) is 58.0 Å². The van der Waals surface area contributed by atoms with E-state index in [1.54, 1.807) is 0 Å². The van der Waals surface area contributed by atoms with Gasteiger partial charge in [0.15, 0.2) is 0 Å². The van der Waals surface area contributed by atoms with Crippen molar-refractivity contribution in [2.75, 3.05) is 26.2 Å². The quantitative estimate of drug-likeness (QED) is 0.755. The fourth-order valence-corrected chi connectivity index (χ4v) is 3.24. The molecule has 0 saturated carbocycles. The maximum atomic E-state index is 12.2. The molecule has 0 unspecified atom stereocenters. The highest BCUT2D eigenvalue weighted by Gasteiger charge is 2.24. The van der Waals surface area contributed by atoms with Crippen LogP contribution in [0.25, 0.3) is 0 Å². The lowest BCUT2D eigenvalue weighted by molar-refractivity contribution is -0.122. The summed E-state index contributed by atoms with van der Waals surface area (Å²) >= 11 is 0. The number of aryl methyl sites for hydroxylation is 1. The van der Waals surface area contributed by atoms with Crippen LogP contribution in [0.15, 0.2) is 24.3 Å². The number of nitrogens with zero attached hydrogens (tertiary/aromatic N) is 1. The Morgan fingerprint density at radius 2 is 1.88 bits per heavy atom. The van der Waals surface area contributed by atoms with Crippen molar-refractivity contribution in [1.82, 2.24) is 10.2 Å². The highest BCUT2D eigenvalue weighted by atomic mass is 16.3. The van der Waals surface area contributed by atoms with E-state index in [0.29, 0.717) is 6.42 Å². The first-order valence-corrected chi connectivity index (χ1v) is 9.11. The summed E-state index contributed by atoms with van der Waals surface area (Å²) in [6, 6.07) is 8.44. The molecule has 1 amide bonds. The molecule has 1 aromatic carbocycles. The number of aliphatic hydroxyl groups is 1. The highest BCUT2D eigenvalue weighted by Crippen LogP contribution is 2.27. The van der Waals surface area contributed by atoms with Gasteiger partial charge in [0.05, 0.1) is 6.10 Å². The number of amides is 1. The van der Waals surface area contributed by atoms with E-state index in [0.717, 1.165) is 45.4 Å². The van der Waals surface area contributed by atoms with Crippen LogP contribution in [-0.2, 0) is 10.2 Å². The fourth-order valence-electron chi connectivity index (χ4n) is 3.24. The minimum atomic E-state index is -0.152. The van der Waals surface area contributed by atoms with Crippen molar-refractivity contribution in [3.05, 3.63) is 35.4 Å². The molecule has 1 fully saturated rings. The highest BCUT2D eigenvalue weighted by molar-refractivity contribution is 5.77. The fraction of sp³-hybridized carbons (Fsp3) is 0.650. The third kappa shape index (κ3) is 5.91. The topological polar surface area (TPSA) is 52.6 Å². The Labute approximate surface area is 146 Å². The van der Waals surface area contributed by atoms with Crippen molar-refractivity contribution in [1.29, 1.82) is 0 Å². The summed E-state index contributed by atoms with van der Waals surface area (Å²) < 4.78 is 0. The van der Waals surface area contributed by atoms with Crippen molar-refractivity contribution in [2.24, 2.45) is 0 Å². The molecule has 1 saturated heterocycles. The zero-order valence-electron chi connectivity index (χ0n) is 15.3. The lowest BCUT2D eigenvalue weighted by atomic mass is 9.81. The molecule has 0 aromatic heterocycles. The summed E-state index contributed by atoms with van der Waals surface area (Å²) in [4.78, 5) is 14.6. The molecule has 0 radical (unpaired) electrons. The predicted molar refractivity (Wildman–Crippen MR) is 98.1 cm³/mol. The van der Waals surface area contributed by atoms with Crippen molar-refractivity contribution in [3.8, 4) is 0 Å². The molecule has 1 aliphatic heterocycles. The van der Waals surface area contributed by atoms with Gasteiger partial charge in [-0.1, -0.05) is 43.7 Å². The van der Waals surface area contributed by atoms with Gasteiger partial charge in [0.1, 0.15) is 0 Å². The van der Waals surface area contributed by atoms with Gasteiger partial charge in [0, 0.05) is 26.1 Å². The van der Waals surface area contributed by atoms with Crippen LogP contribution in [0, 0.1) is 6.92 Å². The first-order valence-electron chi connectivity index (χ1n) is 9.11. The van der Waals surface area contributed by atoms with Crippen LogP contribution in [0.5, 0.6) is 0 Å². The van der Waals surface area contributed by atoms with Crippen molar-refractivity contribution < 1.29 is 9.90 Å². The van der Waals surface area contributed by atoms with Crippen LogP contribution in [0.1, 0.15) is 50.7 Å². The van der Waals surface area contributed by atoms with Crippen LogP contribution in [-0.4, -0.2) is 48.2 Å². The van der Waals surface area contributed by atoms with Gasteiger partial charge in [-0.2, -0.15) is 0 Å². The number of rotatable bonds is 7. The van der Waals surface area contributed by atoms with Gasteiger partial charge < -0.3 is 15.3 Å². The van der Waals surface area contributed by atoms with E-state index in [-0.39, 0.29) is 17.4 Å². The molecule has 24 heavy (non-hydrogen) atoms. The molecule has 4 nitrogen and oxygen atoms in total. The third-order valence-electron chi connectivity index (χ3n) is 4.97. The number of nitrogens with one attached hydrogen (secondary N) is 1. The molecule has 0 spiro atoms. The monoisotopic (exact) mass is 332 g/mol. The molecule has 1 heterocycles. The standard InChI is InChI=1S/C20H32N2O2/c1-16-5-7-17(8-6-16)20(2,3)15-19(24)21-11-4-12-22-13-9-18(23)10-14-22/h5-8,18,23H,4,9-15H2,1-3H3,(H,21,24). The van der Waals surface area contributed by atoms with Crippen LogP contribution < -0.4 is 5.32 Å². The molecule has 0 atom stereocenters. The first-order chi connectivity index (χ1) is 11.4. The normalized spacial score (nSPS) is 17.0. The zero-order valence-corrected chi connectivity index (χ0v) is 15.3. The Morgan fingerprint density at radius 3 is 2.50 bits per heavy atom. The summed E-state index contributed by atoms with van der Waals surface area (Å²) in [7, 11) is 0. The number of benzene rings is 1. The van der Waals surface area contributed by atoms with Crippen LogP contribution in [0.3, 0.4) is 0 Å². The number of likely N-dealkylation sites (tertiary alicyclic amines) is 1. The van der Waals surface area contributed by atoms with E-state index < -0.39 is 0 Å². The summed E-state index contributed by atoms with van der Waals surface area (Å²) in [5.74, 6) is 0.120. The summed E-state index contributed by atoms with van der Waals surface area (Å²) in [6.07, 6.45) is 3.09. The second kappa shape index (κ2) is 8.63. The predicted octanol–water partition coefficient (Wildman–Crippen LogP) is 2.63. The Balaban J connectivity index is 1.68. The number of carbonyl (C=O) groups excluding carboxylic acids is 1. The molecule has 2 N–H and O–H groups in total. The van der Waals surface area contributed by atoms with Crippen LogP contribution in [0.4, 0.5) is 0 Å². The van der Waals surface area contributed by atoms with E-state index in [4.69, 9.17) is 0 Å². The Morgan fingerprint density at radius 1 is 1.25 bits per heavy atom. The summed E-state index contributed by atoms with van der Waals surface area (Å²) in [5.41, 5.74) is 2.29. The van der Waals surface area contributed by atoms with Gasteiger partial charge in [-0.25, -0.2) is 0 Å². The minimum Gasteiger partial charge on any atom is -0.393 e. The molecule has 134 valence electrons. The molecule has 1 aromatic rings. The second-order valence-corrected chi connectivity index (χ2v) is 7.70. The van der Waals surface area contributed by atoms with Gasteiger partial charge in [0.2, 0.25) is 5.91 Å². The van der Waals surface area contributed by atoms with Crippen LogP contribution >= 0.6 is 0 Å². The van der Waals surface area contributed by atoms with Gasteiger partial charge in [0.25, 0.3) is 0 Å². The largest absolute Gasteiger partial charge is 0.393 e. The number of aliphatic hydroxyl groups excluding tert-OH is 1. The lowest BCUT2D eigenvalue weighted by Gasteiger charge is -2.29. The average molecular weight is 332 g/mol. The summed E-state index contributed by atoms with van der Waals surface area (Å²) in [6.45, 7) is 9.97. The molecule has 0 bridgehead atoms. The summed E-state index contributed by atoms with van der Waals surface area (Å²) in [5, 5.41) is 12.6. The Hall–Kier alpha value is -1.39. The maximum absolute atomic E-state index is 12.2. The Bertz CT molecular complexity index is 517. The lowest BCUT2D eigenvalue weighted by Crippen LogP contribution is -2.38. The van der Waals surface area contributed by atoms with Gasteiger partial charge in [-0.15, -0.1) is 0 Å². The number of carbonyl (C=O) groups is 1. The number of hydrogen-bond donors (Lipinski definition) is 2. The number of hydrogen-bond acceptors (Lipinski definition) is 3.